The van der Waals surface area contributed by atoms with E-state index in [-0.39, 0.29) is 36.2 Å². The summed E-state index contributed by atoms with van der Waals surface area (Å²) in [5.74, 6) is -1.15. The van der Waals surface area contributed by atoms with Crippen LogP contribution in [0.15, 0.2) is 0 Å². The minimum Gasteiger partial charge on any atom is -0.368 e. The summed E-state index contributed by atoms with van der Waals surface area (Å²) in [7, 11) is 3.18. The first kappa shape index (κ1) is 11.4. The molecule has 0 spiro atoms. The van der Waals surface area contributed by atoms with Gasteiger partial charge in [0.15, 0.2) is 0 Å². The highest BCUT2D eigenvalue weighted by molar-refractivity contribution is 5.79. The number of carbonyl (C=O) groups excluding carboxylic acids is 1. The fourth-order valence-corrected chi connectivity index (χ4v) is 2.99. The fourth-order valence-electron chi connectivity index (χ4n) is 2.99. The number of rotatable bonds is 2. The van der Waals surface area contributed by atoms with E-state index in [4.69, 9.17) is 18.9 Å². The first-order chi connectivity index (χ1) is 8.08. The van der Waals surface area contributed by atoms with Crippen LogP contribution in [0.1, 0.15) is 13.3 Å². The molecule has 6 atom stereocenters. The van der Waals surface area contributed by atoms with E-state index < -0.39 is 5.97 Å². The molecule has 3 saturated heterocycles. The van der Waals surface area contributed by atoms with Crippen molar-refractivity contribution in [1.29, 1.82) is 0 Å². The van der Waals surface area contributed by atoms with Crippen LogP contribution in [0, 0.1) is 5.92 Å². The van der Waals surface area contributed by atoms with Crippen LogP contribution in [-0.2, 0) is 23.7 Å². The number of fused-ring (bicyclic) bond motifs is 5. The van der Waals surface area contributed by atoms with E-state index in [1.807, 2.05) is 0 Å². The quantitative estimate of drug-likeness (QED) is 0.716. The third-order valence-corrected chi connectivity index (χ3v) is 3.88. The second kappa shape index (κ2) is 3.65. The molecule has 0 aliphatic carbocycles. The summed E-state index contributed by atoms with van der Waals surface area (Å²) in [4.78, 5) is 11.7. The van der Waals surface area contributed by atoms with Gasteiger partial charge >= 0.3 is 0 Å². The Hall–Kier alpha value is -0.690. The monoisotopic (exact) mass is 243 g/mol. The molecule has 3 rings (SSSR count). The lowest BCUT2D eigenvalue weighted by Crippen LogP contribution is -2.45. The van der Waals surface area contributed by atoms with Gasteiger partial charge in [0.05, 0.1) is 18.1 Å². The largest absolute Gasteiger partial charge is 0.368 e. The zero-order chi connectivity index (χ0) is 12.2. The van der Waals surface area contributed by atoms with E-state index in [1.165, 1.54) is 0 Å². The number of carbonyl (C=O) groups is 1. The van der Waals surface area contributed by atoms with Gasteiger partial charge in [-0.05, 0) is 6.42 Å². The molecule has 3 heterocycles. The number of hydrogen-bond donors (Lipinski definition) is 1. The number of amides is 1. The average molecular weight is 243 g/mol. The zero-order valence-corrected chi connectivity index (χ0v) is 10.1. The van der Waals surface area contributed by atoms with Crippen molar-refractivity contribution >= 4 is 5.91 Å². The van der Waals surface area contributed by atoms with Crippen molar-refractivity contribution in [2.75, 3.05) is 14.2 Å². The molecule has 17 heavy (non-hydrogen) atoms. The summed E-state index contributed by atoms with van der Waals surface area (Å²) in [6.45, 7) is 1.74. The summed E-state index contributed by atoms with van der Waals surface area (Å²) in [6.07, 6.45) is 0.0762. The normalized spacial score (nSPS) is 51.6. The van der Waals surface area contributed by atoms with Crippen molar-refractivity contribution in [3.63, 3.8) is 0 Å². The molecule has 1 amide bonds. The summed E-state index contributed by atoms with van der Waals surface area (Å²) in [6, 6.07) is 0. The van der Waals surface area contributed by atoms with E-state index in [9.17, 15) is 4.79 Å². The van der Waals surface area contributed by atoms with Crippen molar-refractivity contribution in [3.05, 3.63) is 0 Å². The van der Waals surface area contributed by atoms with Crippen LogP contribution >= 0.6 is 0 Å². The topological polar surface area (TPSA) is 66.0 Å². The lowest BCUT2D eigenvalue weighted by atomic mass is 9.85. The number of ether oxygens (including phenoxy) is 4. The molecule has 0 aromatic rings. The van der Waals surface area contributed by atoms with Crippen LogP contribution in [0.5, 0.6) is 0 Å². The van der Waals surface area contributed by atoms with E-state index in [0.29, 0.717) is 6.42 Å². The Morgan fingerprint density at radius 3 is 2.71 bits per heavy atom. The molecule has 3 aliphatic heterocycles. The third-order valence-electron chi connectivity index (χ3n) is 3.88. The van der Waals surface area contributed by atoms with Crippen LogP contribution in [0.3, 0.4) is 0 Å². The third kappa shape index (κ3) is 1.52. The summed E-state index contributed by atoms with van der Waals surface area (Å²) < 4.78 is 22.4. The highest BCUT2D eigenvalue weighted by Crippen LogP contribution is 2.48. The van der Waals surface area contributed by atoms with Crippen LogP contribution in [0.2, 0.25) is 0 Å². The van der Waals surface area contributed by atoms with E-state index >= 15 is 0 Å². The minimum atomic E-state index is -1.01. The Labute approximate surface area is 99.5 Å². The molecule has 0 aromatic heterocycles. The highest BCUT2D eigenvalue weighted by Gasteiger charge is 2.64. The van der Waals surface area contributed by atoms with E-state index in [2.05, 4.69) is 5.32 Å². The number of hydrogen-bond acceptors (Lipinski definition) is 5. The molecule has 4 unspecified atom stereocenters. The summed E-state index contributed by atoms with van der Waals surface area (Å²) in [5, 5.41) is 2.66. The Bertz CT molecular complexity index is 349. The first-order valence-corrected chi connectivity index (χ1v) is 5.86. The summed E-state index contributed by atoms with van der Waals surface area (Å²) >= 11 is 0. The van der Waals surface area contributed by atoms with Crippen LogP contribution in [0.4, 0.5) is 0 Å². The molecule has 6 nitrogen and oxygen atoms in total. The Balaban J connectivity index is 1.78. The molecule has 0 radical (unpaired) electrons. The van der Waals surface area contributed by atoms with Crippen molar-refractivity contribution in [3.8, 4) is 0 Å². The van der Waals surface area contributed by atoms with Crippen molar-refractivity contribution < 1.29 is 23.7 Å². The molecule has 96 valence electrons. The summed E-state index contributed by atoms with van der Waals surface area (Å²) in [5.41, 5.74) is 0. The molecular weight excluding hydrogens is 226 g/mol. The van der Waals surface area contributed by atoms with Crippen molar-refractivity contribution in [2.24, 2.45) is 5.92 Å². The minimum absolute atomic E-state index is 0.00516. The van der Waals surface area contributed by atoms with Gasteiger partial charge in [0, 0.05) is 21.1 Å². The van der Waals surface area contributed by atoms with Gasteiger partial charge in [-0.25, -0.2) is 0 Å². The zero-order valence-electron chi connectivity index (χ0n) is 10.1. The highest BCUT2D eigenvalue weighted by atomic mass is 16.9. The van der Waals surface area contributed by atoms with E-state index in [1.54, 1.807) is 21.1 Å². The van der Waals surface area contributed by atoms with Gasteiger partial charge in [-0.1, -0.05) is 0 Å². The maximum absolute atomic E-state index is 11.7. The molecule has 3 aliphatic rings. The second-order valence-electron chi connectivity index (χ2n) is 4.83. The van der Waals surface area contributed by atoms with Gasteiger partial charge in [-0.3, -0.25) is 4.79 Å². The smallest absolute Gasteiger partial charge is 0.280 e. The average Bonchev–Trinajstić information content (AvgIpc) is 2.96. The molecule has 0 aromatic carbocycles. The van der Waals surface area contributed by atoms with Crippen molar-refractivity contribution in [2.45, 2.75) is 43.7 Å². The maximum Gasteiger partial charge on any atom is 0.280 e. The fraction of sp³-hybridized carbons (Fsp3) is 0.909. The standard InChI is InChI=1S/C11H17NO5/c1-11(14-3)16-8-6-4-5(10(13)12-2)7(15-6)9(8)17-11/h5-9H,4H2,1-3H3,(H,12,13)/t5?,6?,7-,8?,9+,11?/m0/s1. The van der Waals surface area contributed by atoms with Gasteiger partial charge in [0.2, 0.25) is 5.91 Å². The van der Waals surface area contributed by atoms with Crippen LogP contribution < -0.4 is 5.32 Å². The Morgan fingerprint density at radius 2 is 2.06 bits per heavy atom. The predicted molar refractivity (Wildman–Crippen MR) is 56.0 cm³/mol. The molecule has 6 heteroatoms. The first-order valence-electron chi connectivity index (χ1n) is 5.86. The second-order valence-corrected chi connectivity index (χ2v) is 4.83. The Kier molecular flexibility index (Phi) is 2.45. The van der Waals surface area contributed by atoms with Gasteiger partial charge in [-0.2, -0.15) is 0 Å². The lowest BCUT2D eigenvalue weighted by molar-refractivity contribution is -0.329. The van der Waals surface area contributed by atoms with Crippen LogP contribution in [-0.4, -0.2) is 50.5 Å². The SMILES string of the molecule is CNC(=O)C1CC2O[C@@H]1[C@H]1OC(C)(OC)OC21. The number of nitrogens with one attached hydrogen (secondary N) is 1. The Morgan fingerprint density at radius 1 is 1.35 bits per heavy atom. The predicted octanol–water partition coefficient (Wildman–Crippen LogP) is -0.376. The molecule has 2 bridgehead atoms. The van der Waals surface area contributed by atoms with Gasteiger partial charge in [0.1, 0.15) is 12.2 Å². The van der Waals surface area contributed by atoms with Gasteiger partial charge in [0.25, 0.3) is 5.97 Å². The van der Waals surface area contributed by atoms with E-state index in [0.717, 1.165) is 0 Å². The lowest BCUT2D eigenvalue weighted by Gasteiger charge is -2.24. The van der Waals surface area contributed by atoms with Gasteiger partial charge in [-0.15, -0.1) is 0 Å². The molecule has 1 N–H and O–H groups in total. The van der Waals surface area contributed by atoms with Crippen molar-refractivity contribution in [1.82, 2.24) is 5.32 Å². The molecular formula is C11H17NO5. The maximum atomic E-state index is 11.7. The van der Waals surface area contributed by atoms with Crippen LogP contribution in [0.25, 0.3) is 0 Å². The molecule has 0 saturated carbocycles. The van der Waals surface area contributed by atoms with Gasteiger partial charge < -0.3 is 24.3 Å². The molecule has 3 fully saturated rings. The number of methoxy groups -OCH3 is 1.